The van der Waals surface area contributed by atoms with Crippen LogP contribution < -0.4 is 4.74 Å². The molecule has 0 bridgehead atoms. The first-order valence-corrected chi connectivity index (χ1v) is 3.88. The fraction of sp³-hybridized carbons (Fsp3) is 0.222. The molecule has 1 aromatic heterocycles. The van der Waals surface area contributed by atoms with Crippen molar-refractivity contribution in [2.45, 2.75) is 6.92 Å². The molecule has 0 radical (unpaired) electrons. The standard InChI is InChI=1S/C9H9N3O/c1-2-13-9-11-6-8(7-12-9)4-3-5-10/h3-4,6-7H,2H2,1H3. The van der Waals surface area contributed by atoms with Gasteiger partial charge in [-0.25, -0.2) is 9.97 Å². The molecule has 66 valence electrons. The van der Waals surface area contributed by atoms with Gasteiger partial charge < -0.3 is 4.74 Å². The SMILES string of the molecule is CCOc1ncc(C=CC#N)cn1. The highest BCUT2D eigenvalue weighted by Gasteiger charge is 1.93. The molecule has 0 aliphatic heterocycles. The van der Waals surface area contributed by atoms with Crippen LogP contribution >= 0.6 is 0 Å². The molecule has 0 N–H and O–H groups in total. The quantitative estimate of drug-likeness (QED) is 0.652. The van der Waals surface area contributed by atoms with Crippen LogP contribution in [0.25, 0.3) is 6.08 Å². The van der Waals surface area contributed by atoms with Crippen LogP contribution in [0.5, 0.6) is 6.01 Å². The Hall–Kier alpha value is -1.89. The maximum absolute atomic E-state index is 8.26. The molecular formula is C9H9N3O. The van der Waals surface area contributed by atoms with Crippen LogP contribution in [0.3, 0.4) is 0 Å². The first kappa shape index (κ1) is 9.20. The van der Waals surface area contributed by atoms with Gasteiger partial charge in [0.05, 0.1) is 12.7 Å². The molecule has 1 rings (SSSR count). The summed E-state index contributed by atoms with van der Waals surface area (Å²) in [5, 5.41) is 8.26. The van der Waals surface area contributed by atoms with E-state index in [2.05, 4.69) is 9.97 Å². The number of rotatable bonds is 3. The number of hydrogen-bond acceptors (Lipinski definition) is 4. The third kappa shape index (κ3) is 2.91. The monoisotopic (exact) mass is 175 g/mol. The Bertz CT molecular complexity index is 324. The smallest absolute Gasteiger partial charge is 0.316 e. The number of ether oxygens (including phenoxy) is 1. The molecule has 0 saturated heterocycles. The van der Waals surface area contributed by atoms with E-state index in [4.69, 9.17) is 10.00 Å². The normalized spacial score (nSPS) is 9.85. The molecule has 0 spiro atoms. The van der Waals surface area contributed by atoms with Gasteiger partial charge in [0.15, 0.2) is 0 Å². The van der Waals surface area contributed by atoms with E-state index in [1.54, 1.807) is 18.5 Å². The summed E-state index contributed by atoms with van der Waals surface area (Å²) in [6.07, 6.45) is 6.21. The van der Waals surface area contributed by atoms with Crippen LogP contribution in [0.4, 0.5) is 0 Å². The highest BCUT2D eigenvalue weighted by Crippen LogP contribution is 2.03. The average Bonchev–Trinajstić information content (AvgIpc) is 2.17. The summed E-state index contributed by atoms with van der Waals surface area (Å²) in [5.41, 5.74) is 0.782. The summed E-state index contributed by atoms with van der Waals surface area (Å²) < 4.78 is 5.05. The zero-order valence-corrected chi connectivity index (χ0v) is 7.27. The Kier molecular flexibility index (Phi) is 3.45. The molecule has 1 aromatic rings. The van der Waals surface area contributed by atoms with Crippen molar-refractivity contribution in [3.8, 4) is 12.1 Å². The second-order valence-electron chi connectivity index (χ2n) is 2.19. The number of allylic oxidation sites excluding steroid dienone is 1. The predicted molar refractivity (Wildman–Crippen MR) is 47.8 cm³/mol. The van der Waals surface area contributed by atoms with E-state index in [1.807, 2.05) is 13.0 Å². The van der Waals surface area contributed by atoms with Gasteiger partial charge in [0.2, 0.25) is 0 Å². The Morgan fingerprint density at radius 1 is 1.54 bits per heavy atom. The Morgan fingerprint density at radius 2 is 2.23 bits per heavy atom. The van der Waals surface area contributed by atoms with Crippen molar-refractivity contribution < 1.29 is 4.74 Å². The average molecular weight is 175 g/mol. The van der Waals surface area contributed by atoms with Crippen molar-refractivity contribution in [2.24, 2.45) is 0 Å². The fourth-order valence-electron chi connectivity index (χ4n) is 0.749. The maximum atomic E-state index is 8.26. The number of aromatic nitrogens is 2. The van der Waals surface area contributed by atoms with Crippen LogP contribution in [0.2, 0.25) is 0 Å². The van der Waals surface area contributed by atoms with Gasteiger partial charge in [-0.05, 0) is 13.0 Å². The van der Waals surface area contributed by atoms with E-state index in [1.165, 1.54) is 6.08 Å². The van der Waals surface area contributed by atoms with Crippen molar-refractivity contribution in [2.75, 3.05) is 6.61 Å². The molecule has 0 amide bonds. The van der Waals surface area contributed by atoms with Crippen molar-refractivity contribution in [3.05, 3.63) is 24.0 Å². The minimum atomic E-state index is 0.358. The van der Waals surface area contributed by atoms with Gasteiger partial charge in [-0.15, -0.1) is 0 Å². The van der Waals surface area contributed by atoms with Crippen molar-refractivity contribution in [1.82, 2.24) is 9.97 Å². The number of nitriles is 1. The summed E-state index contributed by atoms with van der Waals surface area (Å²) in [5.74, 6) is 0. The molecule has 1 heterocycles. The molecule has 0 aromatic carbocycles. The van der Waals surface area contributed by atoms with Gasteiger partial charge in [0, 0.05) is 24.0 Å². The fourth-order valence-corrected chi connectivity index (χ4v) is 0.749. The lowest BCUT2D eigenvalue weighted by Gasteiger charge is -1.98. The largest absolute Gasteiger partial charge is 0.464 e. The van der Waals surface area contributed by atoms with Crippen LogP contribution in [0.15, 0.2) is 18.5 Å². The van der Waals surface area contributed by atoms with Crippen LogP contribution in [-0.4, -0.2) is 16.6 Å². The van der Waals surface area contributed by atoms with Crippen molar-refractivity contribution in [1.29, 1.82) is 5.26 Å². The molecule has 0 aliphatic rings. The molecule has 0 saturated carbocycles. The van der Waals surface area contributed by atoms with E-state index in [-0.39, 0.29) is 0 Å². The van der Waals surface area contributed by atoms with Gasteiger partial charge >= 0.3 is 6.01 Å². The third-order valence-electron chi connectivity index (χ3n) is 1.27. The Balaban J connectivity index is 2.70. The van der Waals surface area contributed by atoms with E-state index >= 15 is 0 Å². The first-order valence-electron chi connectivity index (χ1n) is 3.88. The molecular weight excluding hydrogens is 166 g/mol. The summed E-state index contributed by atoms with van der Waals surface area (Å²) in [6.45, 7) is 2.42. The predicted octanol–water partition coefficient (Wildman–Crippen LogP) is 1.41. The lowest BCUT2D eigenvalue weighted by molar-refractivity contribution is 0.312. The van der Waals surface area contributed by atoms with Crippen molar-refractivity contribution >= 4 is 6.08 Å². The topological polar surface area (TPSA) is 58.8 Å². The van der Waals surface area contributed by atoms with Gasteiger partial charge in [-0.2, -0.15) is 5.26 Å². The summed E-state index contributed by atoms with van der Waals surface area (Å²) in [4.78, 5) is 7.85. The second kappa shape index (κ2) is 4.88. The van der Waals surface area contributed by atoms with Gasteiger partial charge in [0.1, 0.15) is 0 Å². The van der Waals surface area contributed by atoms with E-state index in [0.29, 0.717) is 12.6 Å². The highest BCUT2D eigenvalue weighted by molar-refractivity contribution is 5.49. The molecule has 4 nitrogen and oxygen atoms in total. The van der Waals surface area contributed by atoms with Gasteiger partial charge in [-0.3, -0.25) is 0 Å². The molecule has 4 heteroatoms. The third-order valence-corrected chi connectivity index (χ3v) is 1.27. The van der Waals surface area contributed by atoms with Crippen LogP contribution in [0, 0.1) is 11.3 Å². The highest BCUT2D eigenvalue weighted by atomic mass is 16.5. The van der Waals surface area contributed by atoms with E-state index in [9.17, 15) is 0 Å². The first-order chi connectivity index (χ1) is 6.36. The number of nitrogens with zero attached hydrogens (tertiary/aromatic N) is 3. The zero-order valence-electron chi connectivity index (χ0n) is 7.27. The van der Waals surface area contributed by atoms with Gasteiger partial charge in [0.25, 0.3) is 0 Å². The zero-order chi connectivity index (χ0) is 9.52. The van der Waals surface area contributed by atoms with Crippen LogP contribution in [0.1, 0.15) is 12.5 Å². The van der Waals surface area contributed by atoms with Crippen LogP contribution in [-0.2, 0) is 0 Å². The molecule has 13 heavy (non-hydrogen) atoms. The number of hydrogen-bond donors (Lipinski definition) is 0. The van der Waals surface area contributed by atoms with Gasteiger partial charge in [-0.1, -0.05) is 0 Å². The summed E-state index contributed by atoms with van der Waals surface area (Å²) >= 11 is 0. The Labute approximate surface area is 76.5 Å². The molecule has 0 fully saturated rings. The van der Waals surface area contributed by atoms with E-state index in [0.717, 1.165) is 5.56 Å². The summed E-state index contributed by atoms with van der Waals surface area (Å²) in [7, 11) is 0. The minimum absolute atomic E-state index is 0.358. The maximum Gasteiger partial charge on any atom is 0.316 e. The second-order valence-corrected chi connectivity index (χ2v) is 2.19. The van der Waals surface area contributed by atoms with Crippen molar-refractivity contribution in [3.63, 3.8) is 0 Å². The molecule has 0 atom stereocenters. The lowest BCUT2D eigenvalue weighted by Crippen LogP contribution is -1.96. The lowest BCUT2D eigenvalue weighted by atomic mass is 10.3. The minimum Gasteiger partial charge on any atom is -0.464 e. The Morgan fingerprint density at radius 3 is 2.77 bits per heavy atom. The van der Waals surface area contributed by atoms with E-state index < -0.39 is 0 Å². The summed E-state index contributed by atoms with van der Waals surface area (Å²) in [6, 6.07) is 2.25. The molecule has 0 aliphatic carbocycles. The molecule has 0 unspecified atom stereocenters.